The van der Waals surface area contributed by atoms with Gasteiger partial charge in [-0.2, -0.15) is 11.8 Å². The standard InChI is InChI=1S/C15H19ClN2OS/c1-10(16)14-17-12-5-4-11(19-2)8-13(12)18(14)9-15(20-3)6-7-15/h4-5,8,10H,6-7,9H2,1-3H3. The van der Waals surface area contributed by atoms with E-state index in [1.807, 2.05) is 30.8 Å². The van der Waals surface area contributed by atoms with E-state index in [1.54, 1.807) is 7.11 Å². The molecular formula is C15H19ClN2OS. The molecule has 3 rings (SSSR count). The fraction of sp³-hybridized carbons (Fsp3) is 0.533. The van der Waals surface area contributed by atoms with Crippen molar-refractivity contribution in [1.82, 2.24) is 9.55 Å². The molecule has 1 fully saturated rings. The smallest absolute Gasteiger partial charge is 0.127 e. The van der Waals surface area contributed by atoms with Gasteiger partial charge in [-0.1, -0.05) is 0 Å². The number of thioether (sulfide) groups is 1. The molecule has 1 heterocycles. The Morgan fingerprint density at radius 1 is 1.50 bits per heavy atom. The summed E-state index contributed by atoms with van der Waals surface area (Å²) in [6, 6.07) is 6.01. The molecule has 5 heteroatoms. The van der Waals surface area contributed by atoms with Crippen molar-refractivity contribution in [1.29, 1.82) is 0 Å². The number of imidazole rings is 1. The Morgan fingerprint density at radius 3 is 2.80 bits per heavy atom. The summed E-state index contributed by atoms with van der Waals surface area (Å²) in [4.78, 5) is 4.70. The number of alkyl halides is 1. The summed E-state index contributed by atoms with van der Waals surface area (Å²) < 4.78 is 7.99. The van der Waals surface area contributed by atoms with Gasteiger partial charge in [0.2, 0.25) is 0 Å². The van der Waals surface area contributed by atoms with Gasteiger partial charge in [-0.25, -0.2) is 4.98 Å². The molecule has 1 aromatic heterocycles. The second-order valence-electron chi connectivity index (χ2n) is 5.41. The molecule has 0 radical (unpaired) electrons. The van der Waals surface area contributed by atoms with E-state index in [1.165, 1.54) is 12.8 Å². The first-order valence-corrected chi connectivity index (χ1v) is 8.48. The normalized spacial score (nSPS) is 18.2. The molecule has 1 aromatic carbocycles. The summed E-state index contributed by atoms with van der Waals surface area (Å²) in [5, 5.41) is -0.0916. The van der Waals surface area contributed by atoms with Crippen LogP contribution in [0.1, 0.15) is 31.0 Å². The van der Waals surface area contributed by atoms with Crippen molar-refractivity contribution in [2.45, 2.75) is 36.4 Å². The topological polar surface area (TPSA) is 27.1 Å². The Labute approximate surface area is 128 Å². The van der Waals surface area contributed by atoms with Gasteiger partial charge in [-0.05, 0) is 38.2 Å². The summed E-state index contributed by atoms with van der Waals surface area (Å²) in [6.45, 7) is 2.96. The van der Waals surface area contributed by atoms with Crippen LogP contribution in [0.3, 0.4) is 0 Å². The number of halogens is 1. The molecule has 1 atom stereocenters. The lowest BCUT2D eigenvalue weighted by Crippen LogP contribution is -2.16. The Hall–Kier alpha value is -0.870. The monoisotopic (exact) mass is 310 g/mol. The maximum Gasteiger partial charge on any atom is 0.127 e. The van der Waals surface area contributed by atoms with E-state index in [0.717, 1.165) is 29.2 Å². The van der Waals surface area contributed by atoms with Crippen molar-refractivity contribution in [2.75, 3.05) is 13.4 Å². The predicted octanol–water partition coefficient (Wildman–Crippen LogP) is 4.24. The average Bonchev–Trinajstić information content (AvgIpc) is 3.14. The molecule has 3 nitrogen and oxygen atoms in total. The number of fused-ring (bicyclic) bond motifs is 1. The lowest BCUT2D eigenvalue weighted by molar-refractivity contribution is 0.415. The maximum atomic E-state index is 6.32. The summed E-state index contributed by atoms with van der Waals surface area (Å²) in [6.07, 6.45) is 4.73. The zero-order valence-electron chi connectivity index (χ0n) is 12.0. The third-order valence-corrected chi connectivity index (χ3v) is 5.63. The molecule has 0 spiro atoms. The van der Waals surface area contributed by atoms with E-state index >= 15 is 0 Å². The molecular weight excluding hydrogens is 292 g/mol. The lowest BCUT2D eigenvalue weighted by Gasteiger charge is -2.17. The van der Waals surface area contributed by atoms with Crippen molar-refractivity contribution < 1.29 is 4.74 Å². The molecule has 1 saturated carbocycles. The van der Waals surface area contributed by atoms with Gasteiger partial charge in [-0.3, -0.25) is 0 Å². The summed E-state index contributed by atoms with van der Waals surface area (Å²) in [7, 11) is 1.69. The summed E-state index contributed by atoms with van der Waals surface area (Å²) >= 11 is 8.28. The van der Waals surface area contributed by atoms with Crippen LogP contribution in [0, 0.1) is 0 Å². The van der Waals surface area contributed by atoms with Crippen molar-refractivity contribution in [3.8, 4) is 5.75 Å². The number of rotatable bonds is 5. The molecule has 0 aliphatic heterocycles. The number of nitrogens with zero attached hydrogens (tertiary/aromatic N) is 2. The Kier molecular flexibility index (Phi) is 3.63. The lowest BCUT2D eigenvalue weighted by atomic mass is 10.3. The van der Waals surface area contributed by atoms with E-state index < -0.39 is 0 Å². The largest absolute Gasteiger partial charge is 0.497 e. The van der Waals surface area contributed by atoms with E-state index in [9.17, 15) is 0 Å². The first kappa shape index (κ1) is 14.1. The highest BCUT2D eigenvalue weighted by atomic mass is 35.5. The molecule has 2 aromatic rings. The van der Waals surface area contributed by atoms with Crippen LogP contribution in [0.15, 0.2) is 18.2 Å². The number of hydrogen-bond donors (Lipinski definition) is 0. The maximum absolute atomic E-state index is 6.32. The first-order valence-electron chi connectivity index (χ1n) is 6.82. The van der Waals surface area contributed by atoms with Crippen molar-refractivity contribution in [3.63, 3.8) is 0 Å². The predicted molar refractivity (Wildman–Crippen MR) is 86.0 cm³/mol. The molecule has 0 bridgehead atoms. The number of methoxy groups -OCH3 is 1. The van der Waals surface area contributed by atoms with Gasteiger partial charge < -0.3 is 9.30 Å². The number of hydrogen-bond acceptors (Lipinski definition) is 3. The third-order valence-electron chi connectivity index (χ3n) is 4.03. The van der Waals surface area contributed by atoms with Crippen molar-refractivity contribution >= 4 is 34.4 Å². The zero-order chi connectivity index (χ0) is 14.3. The first-order chi connectivity index (χ1) is 9.58. The molecule has 0 amide bonds. The summed E-state index contributed by atoms with van der Waals surface area (Å²) in [5.41, 5.74) is 2.11. The molecule has 1 unspecified atom stereocenters. The fourth-order valence-corrected chi connectivity index (χ4v) is 3.51. The molecule has 0 N–H and O–H groups in total. The van der Waals surface area contributed by atoms with Crippen molar-refractivity contribution in [3.05, 3.63) is 24.0 Å². The number of ether oxygens (including phenoxy) is 1. The molecule has 1 aliphatic carbocycles. The number of benzene rings is 1. The van der Waals surface area contributed by atoms with Crippen LogP contribution in [0.2, 0.25) is 0 Å². The minimum absolute atomic E-state index is 0.0916. The molecule has 108 valence electrons. The molecule has 20 heavy (non-hydrogen) atoms. The average molecular weight is 311 g/mol. The van der Waals surface area contributed by atoms with Crippen LogP contribution in [-0.4, -0.2) is 27.7 Å². The number of aromatic nitrogens is 2. The zero-order valence-corrected chi connectivity index (χ0v) is 13.6. The minimum Gasteiger partial charge on any atom is -0.497 e. The second kappa shape index (κ2) is 5.15. The Bertz CT molecular complexity index is 634. The SMILES string of the molecule is COc1ccc2nc(C(C)Cl)n(CC3(SC)CC3)c2c1. The van der Waals surface area contributed by atoms with E-state index in [4.69, 9.17) is 21.3 Å². The van der Waals surface area contributed by atoms with Crippen LogP contribution in [0.4, 0.5) is 0 Å². The van der Waals surface area contributed by atoms with Gasteiger partial charge in [0.15, 0.2) is 0 Å². The van der Waals surface area contributed by atoms with Gasteiger partial charge in [-0.15, -0.1) is 11.6 Å². The van der Waals surface area contributed by atoms with Gasteiger partial charge in [0.25, 0.3) is 0 Å². The van der Waals surface area contributed by atoms with Gasteiger partial charge >= 0.3 is 0 Å². The van der Waals surface area contributed by atoms with Gasteiger partial charge in [0, 0.05) is 17.4 Å². The van der Waals surface area contributed by atoms with Crippen LogP contribution in [0.5, 0.6) is 5.75 Å². The van der Waals surface area contributed by atoms with E-state index in [-0.39, 0.29) is 5.38 Å². The highest BCUT2D eigenvalue weighted by molar-refractivity contribution is 8.00. The van der Waals surface area contributed by atoms with E-state index in [0.29, 0.717) is 4.75 Å². The van der Waals surface area contributed by atoms with Gasteiger partial charge in [0.1, 0.15) is 11.6 Å². The Balaban J connectivity index is 2.11. The summed E-state index contributed by atoms with van der Waals surface area (Å²) in [5.74, 6) is 1.82. The van der Waals surface area contributed by atoms with Crippen LogP contribution in [0.25, 0.3) is 11.0 Å². The van der Waals surface area contributed by atoms with Crippen molar-refractivity contribution in [2.24, 2.45) is 0 Å². The van der Waals surface area contributed by atoms with Crippen LogP contribution < -0.4 is 4.74 Å². The molecule has 1 aliphatic rings. The molecule has 0 saturated heterocycles. The highest BCUT2D eigenvalue weighted by Gasteiger charge is 2.43. The third kappa shape index (κ3) is 2.40. The Morgan fingerprint density at radius 2 is 2.25 bits per heavy atom. The quantitative estimate of drug-likeness (QED) is 0.773. The minimum atomic E-state index is -0.0916. The van der Waals surface area contributed by atoms with Crippen LogP contribution >= 0.6 is 23.4 Å². The highest BCUT2D eigenvalue weighted by Crippen LogP contribution is 2.49. The van der Waals surface area contributed by atoms with Crippen LogP contribution in [-0.2, 0) is 6.54 Å². The van der Waals surface area contributed by atoms with E-state index in [2.05, 4.69) is 16.9 Å². The van der Waals surface area contributed by atoms with Gasteiger partial charge in [0.05, 0.1) is 23.5 Å². The second-order valence-corrected chi connectivity index (χ2v) is 7.34. The fourth-order valence-electron chi connectivity index (χ4n) is 2.57.